The third-order valence-electron chi connectivity index (χ3n) is 4.81. The number of piperazine rings is 1. The van der Waals surface area contributed by atoms with Gasteiger partial charge in [-0.05, 0) is 18.4 Å². The fourth-order valence-electron chi connectivity index (χ4n) is 3.53. The van der Waals surface area contributed by atoms with Gasteiger partial charge in [0.2, 0.25) is 0 Å². The van der Waals surface area contributed by atoms with Gasteiger partial charge in [0.1, 0.15) is 6.04 Å². The van der Waals surface area contributed by atoms with Crippen molar-refractivity contribution in [3.63, 3.8) is 0 Å². The topological polar surface area (TPSA) is 67.7 Å². The zero-order valence-electron chi connectivity index (χ0n) is 13.7. The Morgan fingerprint density at radius 2 is 1.88 bits per heavy atom. The number of hydrogen-bond acceptors (Lipinski definition) is 5. The molecule has 0 radical (unpaired) electrons. The standard InChI is InChI=1S/C18H16N4O2S/c1-25-20-8-9-21-16(11-20)17(23)22(18(21)24)15-7-6-12(10-19)13-4-2-3-5-14(13)15/h2-7,16H,8-9,11H2,1H3. The fraction of sp³-hybridized carbons (Fsp3) is 0.278. The highest BCUT2D eigenvalue weighted by molar-refractivity contribution is 7.96. The normalized spacial score (nSPS) is 20.9. The van der Waals surface area contributed by atoms with Gasteiger partial charge >= 0.3 is 6.03 Å². The lowest BCUT2D eigenvalue weighted by Crippen LogP contribution is -2.50. The second-order valence-corrected chi connectivity index (χ2v) is 6.91. The van der Waals surface area contributed by atoms with E-state index in [2.05, 4.69) is 10.4 Å². The molecule has 7 heteroatoms. The zero-order valence-corrected chi connectivity index (χ0v) is 14.5. The molecule has 25 heavy (non-hydrogen) atoms. The van der Waals surface area contributed by atoms with Crippen molar-refractivity contribution < 1.29 is 9.59 Å². The summed E-state index contributed by atoms with van der Waals surface area (Å²) in [6.45, 7) is 1.83. The van der Waals surface area contributed by atoms with Crippen LogP contribution in [-0.4, -0.2) is 53.1 Å². The summed E-state index contributed by atoms with van der Waals surface area (Å²) < 4.78 is 2.10. The zero-order chi connectivity index (χ0) is 17.6. The third kappa shape index (κ3) is 2.37. The number of rotatable bonds is 2. The van der Waals surface area contributed by atoms with E-state index in [4.69, 9.17) is 0 Å². The average molecular weight is 352 g/mol. The number of carbonyl (C=O) groups excluding carboxylic acids is 2. The van der Waals surface area contributed by atoms with Crippen LogP contribution in [0.5, 0.6) is 0 Å². The number of nitrogens with zero attached hydrogens (tertiary/aromatic N) is 4. The SMILES string of the molecule is CSN1CCN2C(=O)N(c3ccc(C#N)c4ccccc34)C(=O)C2C1. The van der Waals surface area contributed by atoms with E-state index in [1.165, 1.54) is 4.90 Å². The highest BCUT2D eigenvalue weighted by atomic mass is 32.2. The third-order valence-corrected chi connectivity index (χ3v) is 5.65. The van der Waals surface area contributed by atoms with Crippen molar-refractivity contribution in [3.8, 4) is 6.07 Å². The molecule has 0 spiro atoms. The number of carbonyl (C=O) groups is 2. The Morgan fingerprint density at radius 1 is 1.12 bits per heavy atom. The number of hydrogen-bond donors (Lipinski definition) is 0. The Labute approximate surface area is 149 Å². The minimum absolute atomic E-state index is 0.196. The van der Waals surface area contributed by atoms with Crippen LogP contribution in [0.15, 0.2) is 36.4 Å². The second kappa shape index (κ2) is 6.06. The molecule has 1 unspecified atom stereocenters. The van der Waals surface area contributed by atoms with Gasteiger partial charge in [-0.1, -0.05) is 36.2 Å². The molecule has 126 valence electrons. The second-order valence-electron chi connectivity index (χ2n) is 6.03. The van der Waals surface area contributed by atoms with Gasteiger partial charge in [0.05, 0.1) is 17.3 Å². The summed E-state index contributed by atoms with van der Waals surface area (Å²) in [6, 6.07) is 12.2. The number of imide groups is 1. The van der Waals surface area contributed by atoms with Crippen LogP contribution >= 0.6 is 11.9 Å². The lowest BCUT2D eigenvalue weighted by Gasteiger charge is -2.33. The highest BCUT2D eigenvalue weighted by Gasteiger charge is 2.48. The van der Waals surface area contributed by atoms with Gasteiger partial charge in [0.25, 0.3) is 5.91 Å². The van der Waals surface area contributed by atoms with E-state index in [1.807, 2.05) is 30.5 Å². The molecule has 2 fully saturated rings. The summed E-state index contributed by atoms with van der Waals surface area (Å²) in [7, 11) is 0. The van der Waals surface area contributed by atoms with Crippen LogP contribution < -0.4 is 4.90 Å². The van der Waals surface area contributed by atoms with E-state index in [0.717, 1.165) is 17.3 Å². The molecule has 0 bridgehead atoms. The van der Waals surface area contributed by atoms with Crippen LogP contribution in [0.1, 0.15) is 5.56 Å². The number of amides is 3. The van der Waals surface area contributed by atoms with Crippen molar-refractivity contribution in [2.75, 3.05) is 30.8 Å². The average Bonchev–Trinajstić information content (AvgIpc) is 2.91. The summed E-state index contributed by atoms with van der Waals surface area (Å²) in [4.78, 5) is 28.8. The van der Waals surface area contributed by atoms with E-state index in [1.54, 1.807) is 29.0 Å². The predicted molar refractivity (Wildman–Crippen MR) is 97.1 cm³/mol. The number of benzene rings is 2. The maximum absolute atomic E-state index is 13.0. The van der Waals surface area contributed by atoms with E-state index in [0.29, 0.717) is 24.3 Å². The molecule has 3 amide bonds. The minimum atomic E-state index is -0.442. The first-order valence-electron chi connectivity index (χ1n) is 8.01. The summed E-state index contributed by atoms with van der Waals surface area (Å²) in [6.07, 6.45) is 1.98. The van der Waals surface area contributed by atoms with Crippen LogP contribution in [0.2, 0.25) is 0 Å². The maximum Gasteiger partial charge on any atom is 0.332 e. The van der Waals surface area contributed by atoms with Crippen LogP contribution in [-0.2, 0) is 4.79 Å². The molecule has 0 aliphatic carbocycles. The van der Waals surface area contributed by atoms with E-state index >= 15 is 0 Å². The van der Waals surface area contributed by atoms with Crippen molar-refractivity contribution in [2.45, 2.75) is 6.04 Å². The van der Waals surface area contributed by atoms with Crippen LogP contribution in [0.3, 0.4) is 0 Å². The van der Waals surface area contributed by atoms with Crippen LogP contribution in [0.4, 0.5) is 10.5 Å². The molecule has 0 N–H and O–H groups in total. The molecule has 2 aromatic rings. The van der Waals surface area contributed by atoms with Crippen LogP contribution in [0.25, 0.3) is 10.8 Å². The molecule has 2 aliphatic heterocycles. The van der Waals surface area contributed by atoms with Crippen molar-refractivity contribution in [2.24, 2.45) is 0 Å². The largest absolute Gasteiger partial charge is 0.332 e. The Balaban J connectivity index is 1.81. The van der Waals surface area contributed by atoms with Crippen molar-refractivity contribution in [3.05, 3.63) is 42.0 Å². The first-order valence-corrected chi connectivity index (χ1v) is 9.19. The molecule has 4 rings (SSSR count). The summed E-state index contributed by atoms with van der Waals surface area (Å²) in [5, 5.41) is 10.8. The van der Waals surface area contributed by atoms with Crippen molar-refractivity contribution in [1.82, 2.24) is 9.21 Å². The molecular formula is C18H16N4O2S. The summed E-state index contributed by atoms with van der Waals surface area (Å²) >= 11 is 1.59. The molecule has 2 heterocycles. The quantitative estimate of drug-likeness (QED) is 0.613. The lowest BCUT2D eigenvalue weighted by atomic mass is 10.0. The molecule has 2 saturated heterocycles. The number of urea groups is 1. The van der Waals surface area contributed by atoms with Gasteiger partial charge < -0.3 is 4.90 Å². The minimum Gasteiger partial charge on any atom is -0.309 e. The first-order chi connectivity index (χ1) is 12.2. The number of nitriles is 1. The Morgan fingerprint density at radius 3 is 2.60 bits per heavy atom. The van der Waals surface area contributed by atoms with Crippen LogP contribution in [0, 0.1) is 11.3 Å². The Kier molecular flexibility index (Phi) is 3.86. The molecule has 2 aliphatic rings. The summed E-state index contributed by atoms with van der Waals surface area (Å²) in [5.74, 6) is -0.196. The lowest BCUT2D eigenvalue weighted by molar-refractivity contribution is -0.120. The maximum atomic E-state index is 13.0. The molecule has 0 aromatic heterocycles. The Bertz CT molecular complexity index is 923. The van der Waals surface area contributed by atoms with Gasteiger partial charge in [-0.3, -0.25) is 4.79 Å². The number of anilines is 1. The molecule has 0 saturated carbocycles. The Hall–Kier alpha value is -2.56. The number of fused-ring (bicyclic) bond motifs is 2. The van der Waals surface area contributed by atoms with Gasteiger partial charge in [0, 0.05) is 30.4 Å². The smallest absolute Gasteiger partial charge is 0.309 e. The highest BCUT2D eigenvalue weighted by Crippen LogP contribution is 2.34. The van der Waals surface area contributed by atoms with E-state index in [9.17, 15) is 14.9 Å². The monoisotopic (exact) mass is 352 g/mol. The molecule has 6 nitrogen and oxygen atoms in total. The van der Waals surface area contributed by atoms with E-state index < -0.39 is 6.04 Å². The van der Waals surface area contributed by atoms with Crippen molar-refractivity contribution >= 4 is 40.3 Å². The molecule has 1 atom stereocenters. The van der Waals surface area contributed by atoms with Gasteiger partial charge in [0.15, 0.2) is 0 Å². The van der Waals surface area contributed by atoms with E-state index in [-0.39, 0.29) is 11.9 Å². The first kappa shape index (κ1) is 15.9. The summed E-state index contributed by atoms with van der Waals surface area (Å²) in [5.41, 5.74) is 1.08. The molecule has 2 aromatic carbocycles. The van der Waals surface area contributed by atoms with Gasteiger partial charge in [-0.2, -0.15) is 5.26 Å². The van der Waals surface area contributed by atoms with Gasteiger partial charge in [-0.25, -0.2) is 14.0 Å². The predicted octanol–water partition coefficient (Wildman–Crippen LogP) is 2.44. The van der Waals surface area contributed by atoms with Crippen molar-refractivity contribution in [1.29, 1.82) is 5.26 Å². The fourth-order valence-corrected chi connectivity index (χ4v) is 4.09. The molecular weight excluding hydrogens is 336 g/mol. The van der Waals surface area contributed by atoms with Gasteiger partial charge in [-0.15, -0.1) is 0 Å².